The number of tetrazole rings is 1. The molecule has 1 aliphatic heterocycles. The predicted molar refractivity (Wildman–Crippen MR) is 150 cm³/mol. The van der Waals surface area contributed by atoms with Crippen LogP contribution in [0, 0.1) is 18.3 Å². The molecule has 0 bridgehead atoms. The third-order valence-corrected chi connectivity index (χ3v) is 7.37. The van der Waals surface area contributed by atoms with Crippen molar-refractivity contribution >= 4 is 28.6 Å². The molecule has 0 aliphatic carbocycles. The molecule has 1 atom stereocenters. The standard InChI is InChI=1S/C27H26N10O3S/c1-4-40-23-14-18(9-12-22(23)39-3)20-6-5-13-37(34-20)27(38)24-16(2)29-26(41-24)17-7-10-19(11-8-17)30-31-21(15-28)25-32-35-36-33-25/h7-12,14,21H,4-6,13H2,1-3H3,(H,32,33,35,36). The first-order chi connectivity index (χ1) is 20.0. The minimum Gasteiger partial charge on any atom is -0.493 e. The van der Waals surface area contributed by atoms with Gasteiger partial charge in [0, 0.05) is 17.7 Å². The molecule has 3 heterocycles. The molecule has 2 aromatic heterocycles. The van der Waals surface area contributed by atoms with Gasteiger partial charge in [-0.15, -0.1) is 21.5 Å². The highest BCUT2D eigenvalue weighted by atomic mass is 32.1. The number of thiazole rings is 1. The van der Waals surface area contributed by atoms with E-state index in [1.54, 1.807) is 19.2 Å². The number of methoxy groups -OCH3 is 1. The van der Waals surface area contributed by atoms with Gasteiger partial charge in [-0.2, -0.15) is 25.8 Å². The Morgan fingerprint density at radius 1 is 1.22 bits per heavy atom. The number of H-pyrrole nitrogens is 1. The lowest BCUT2D eigenvalue weighted by molar-refractivity contribution is 0.0755. The van der Waals surface area contributed by atoms with Crippen molar-refractivity contribution in [1.82, 2.24) is 30.6 Å². The van der Waals surface area contributed by atoms with Crippen LogP contribution in [0.1, 0.15) is 52.6 Å². The molecule has 0 spiro atoms. The van der Waals surface area contributed by atoms with Crippen molar-refractivity contribution in [3.05, 3.63) is 64.4 Å². The molecule has 14 heteroatoms. The number of aryl methyl sites for hydroxylation is 1. The Kier molecular flexibility index (Phi) is 8.35. The number of rotatable bonds is 9. The van der Waals surface area contributed by atoms with Crippen molar-refractivity contribution in [2.45, 2.75) is 32.7 Å². The van der Waals surface area contributed by atoms with E-state index in [9.17, 15) is 10.1 Å². The third kappa shape index (κ3) is 6.10. The normalized spacial score (nSPS) is 14.0. The summed E-state index contributed by atoms with van der Waals surface area (Å²) in [6.07, 6.45) is 1.54. The lowest BCUT2D eigenvalue weighted by atomic mass is 10.0. The Labute approximate surface area is 239 Å². The first-order valence-electron chi connectivity index (χ1n) is 12.8. The van der Waals surface area contributed by atoms with Gasteiger partial charge in [0.25, 0.3) is 5.91 Å². The van der Waals surface area contributed by atoms with Gasteiger partial charge in [-0.3, -0.25) is 4.79 Å². The number of carbonyl (C=O) groups is 1. The Hall–Kier alpha value is -5.03. The summed E-state index contributed by atoms with van der Waals surface area (Å²) >= 11 is 1.32. The average molecular weight is 571 g/mol. The molecule has 1 amide bonds. The Bertz CT molecular complexity index is 1620. The van der Waals surface area contributed by atoms with Gasteiger partial charge < -0.3 is 9.47 Å². The number of nitrogens with one attached hydrogen (secondary N) is 1. The topological polar surface area (TPSA) is 167 Å². The Balaban J connectivity index is 1.32. The van der Waals surface area contributed by atoms with Gasteiger partial charge in [0.15, 0.2) is 11.5 Å². The minimum atomic E-state index is -0.960. The first-order valence-corrected chi connectivity index (χ1v) is 13.6. The molecular formula is C27H26N10O3S. The van der Waals surface area contributed by atoms with Crippen LogP contribution in [-0.2, 0) is 0 Å². The zero-order valence-electron chi connectivity index (χ0n) is 22.6. The molecule has 0 saturated heterocycles. The number of hydrogen-bond acceptors (Lipinski definition) is 12. The van der Waals surface area contributed by atoms with Gasteiger partial charge in [0.2, 0.25) is 11.9 Å². The fourth-order valence-corrected chi connectivity index (χ4v) is 5.18. The summed E-state index contributed by atoms with van der Waals surface area (Å²) in [6, 6.07) is 13.9. The molecule has 5 rings (SSSR count). The quantitative estimate of drug-likeness (QED) is 0.273. The average Bonchev–Trinajstić information content (AvgIpc) is 3.68. The van der Waals surface area contributed by atoms with Crippen LogP contribution in [0.5, 0.6) is 11.5 Å². The van der Waals surface area contributed by atoms with Crippen molar-refractivity contribution in [2.24, 2.45) is 15.3 Å². The smallest absolute Gasteiger partial charge is 0.285 e. The first kappa shape index (κ1) is 27.5. The second-order valence-corrected chi connectivity index (χ2v) is 9.87. The highest BCUT2D eigenvalue weighted by Crippen LogP contribution is 2.32. The van der Waals surface area contributed by atoms with Crippen LogP contribution < -0.4 is 9.47 Å². The van der Waals surface area contributed by atoms with Gasteiger partial charge in [0.1, 0.15) is 9.88 Å². The summed E-state index contributed by atoms with van der Waals surface area (Å²) in [6.45, 7) is 4.78. The largest absolute Gasteiger partial charge is 0.493 e. The Morgan fingerprint density at radius 2 is 2.02 bits per heavy atom. The van der Waals surface area contributed by atoms with Crippen molar-refractivity contribution in [3.63, 3.8) is 0 Å². The monoisotopic (exact) mass is 570 g/mol. The molecule has 0 saturated carbocycles. The van der Waals surface area contributed by atoms with Crippen LogP contribution in [-0.4, -0.2) is 62.5 Å². The number of carbonyl (C=O) groups excluding carboxylic acids is 1. The zero-order valence-corrected chi connectivity index (χ0v) is 23.4. The summed E-state index contributed by atoms with van der Waals surface area (Å²) in [5, 5.41) is 37.6. The minimum absolute atomic E-state index is 0.146. The van der Waals surface area contributed by atoms with Crippen LogP contribution in [0.4, 0.5) is 5.69 Å². The van der Waals surface area contributed by atoms with Crippen LogP contribution in [0.3, 0.4) is 0 Å². The van der Waals surface area contributed by atoms with Crippen molar-refractivity contribution in [3.8, 4) is 28.1 Å². The second-order valence-electron chi connectivity index (χ2n) is 8.87. The van der Waals surface area contributed by atoms with Crippen molar-refractivity contribution in [2.75, 3.05) is 20.3 Å². The summed E-state index contributed by atoms with van der Waals surface area (Å²) in [4.78, 5) is 18.7. The van der Waals surface area contributed by atoms with E-state index in [2.05, 4.69) is 35.8 Å². The van der Waals surface area contributed by atoms with Gasteiger partial charge in [-0.1, -0.05) is 5.21 Å². The van der Waals surface area contributed by atoms with E-state index in [4.69, 9.17) is 14.6 Å². The fraction of sp³-hybridized carbons (Fsp3) is 0.296. The fourth-order valence-electron chi connectivity index (χ4n) is 4.17. The lowest BCUT2D eigenvalue weighted by Crippen LogP contribution is -2.32. The van der Waals surface area contributed by atoms with Gasteiger partial charge in [-0.25, -0.2) is 9.99 Å². The van der Waals surface area contributed by atoms with Gasteiger partial charge in [0.05, 0.1) is 36.9 Å². The molecular weight excluding hydrogens is 544 g/mol. The summed E-state index contributed by atoms with van der Waals surface area (Å²) in [7, 11) is 1.60. The third-order valence-electron chi connectivity index (χ3n) is 6.18. The molecule has 1 N–H and O–H groups in total. The van der Waals surface area contributed by atoms with E-state index in [1.165, 1.54) is 16.3 Å². The number of azo groups is 1. The summed E-state index contributed by atoms with van der Waals surface area (Å²) < 4.78 is 11.1. The van der Waals surface area contributed by atoms with Gasteiger partial charge >= 0.3 is 0 Å². The number of nitrogens with zero attached hydrogens (tertiary/aromatic N) is 9. The van der Waals surface area contributed by atoms with E-state index in [1.807, 2.05) is 50.2 Å². The number of hydrazone groups is 1. The molecule has 4 aromatic rings. The Morgan fingerprint density at radius 3 is 2.73 bits per heavy atom. The number of aromatic amines is 1. The van der Waals surface area contributed by atoms with Crippen molar-refractivity contribution in [1.29, 1.82) is 5.26 Å². The number of aromatic nitrogens is 5. The van der Waals surface area contributed by atoms with E-state index in [0.717, 1.165) is 29.7 Å². The maximum Gasteiger partial charge on any atom is 0.285 e. The predicted octanol–water partition coefficient (Wildman–Crippen LogP) is 5.03. The second kappa shape index (κ2) is 12.4. The highest BCUT2D eigenvalue weighted by Gasteiger charge is 2.25. The zero-order chi connectivity index (χ0) is 28.8. The molecule has 0 fully saturated rings. The van der Waals surface area contributed by atoms with E-state index < -0.39 is 6.04 Å². The van der Waals surface area contributed by atoms with Crippen LogP contribution >= 0.6 is 11.3 Å². The molecule has 41 heavy (non-hydrogen) atoms. The number of hydrogen-bond donors (Lipinski definition) is 1. The van der Waals surface area contributed by atoms with Crippen LogP contribution in [0.15, 0.2) is 57.8 Å². The van der Waals surface area contributed by atoms with E-state index >= 15 is 0 Å². The maximum absolute atomic E-state index is 13.5. The number of nitriles is 1. The SMILES string of the molecule is CCOc1cc(C2=NN(C(=O)c3sc(-c4ccc(N=NC(C#N)c5nn[nH]n5)cc4)nc3C)CCC2)ccc1OC. The van der Waals surface area contributed by atoms with E-state index in [0.29, 0.717) is 45.9 Å². The van der Waals surface area contributed by atoms with Crippen molar-refractivity contribution < 1.29 is 14.3 Å². The molecule has 1 unspecified atom stereocenters. The maximum atomic E-state index is 13.5. The molecule has 13 nitrogen and oxygen atoms in total. The lowest BCUT2D eigenvalue weighted by Gasteiger charge is -2.23. The number of benzene rings is 2. The summed E-state index contributed by atoms with van der Waals surface area (Å²) in [5.74, 6) is 1.26. The van der Waals surface area contributed by atoms with E-state index in [-0.39, 0.29) is 11.7 Å². The molecule has 208 valence electrons. The number of amides is 1. The van der Waals surface area contributed by atoms with Gasteiger partial charge in [-0.05, 0) is 69.2 Å². The van der Waals surface area contributed by atoms with Crippen LogP contribution in [0.25, 0.3) is 10.6 Å². The van der Waals surface area contributed by atoms with Crippen LogP contribution in [0.2, 0.25) is 0 Å². The molecule has 2 aromatic carbocycles. The molecule has 0 radical (unpaired) electrons. The number of ether oxygens (including phenoxy) is 2. The molecule has 1 aliphatic rings. The highest BCUT2D eigenvalue weighted by molar-refractivity contribution is 7.17. The summed E-state index contributed by atoms with van der Waals surface area (Å²) in [5.41, 5.74) is 3.72.